The second kappa shape index (κ2) is 17.4. The van der Waals surface area contributed by atoms with Crippen molar-refractivity contribution in [1.29, 1.82) is 0 Å². The van der Waals surface area contributed by atoms with E-state index in [0.717, 1.165) is 63.4 Å². The Morgan fingerprint density at radius 3 is 2.55 bits per heavy atom. The number of allylic oxidation sites excluding steroid dienone is 1. The third kappa shape index (κ3) is 11.8. The number of hydrogen-bond acceptors (Lipinski definition) is 7. The van der Waals surface area contributed by atoms with Gasteiger partial charge in [0.25, 0.3) is 0 Å². The lowest BCUT2D eigenvalue weighted by Gasteiger charge is -2.48. The van der Waals surface area contributed by atoms with Gasteiger partial charge >= 0.3 is 0 Å². The molecule has 40 heavy (non-hydrogen) atoms. The summed E-state index contributed by atoms with van der Waals surface area (Å²) < 4.78 is 18.2. The summed E-state index contributed by atoms with van der Waals surface area (Å²) in [5.41, 5.74) is 1.02. The number of carbonyl (C=O) groups excluding carboxylic acids is 2. The Balaban J connectivity index is 1.75. The standard InChI is InChI=1S/C31H56N2O7/c1-21(19-23(3)25(5)34)11-12-26-9-7-15-31(39-26)16-13-22(2)28(40-31)10-8-17-32-30(37)24(4)27(35)20-33-29(36)14-18-38-6/h19,21-22,24-28,34-35H,7-18,20H2,1-6H3,(H,32,37)(H,33,36)/b23-19+/t21-,22?,24-,25-,26-,27-,28+,31-/m0/s1. The van der Waals surface area contributed by atoms with Crippen molar-refractivity contribution in [2.45, 2.75) is 129 Å². The van der Waals surface area contributed by atoms with Gasteiger partial charge in [0, 0.05) is 39.5 Å². The summed E-state index contributed by atoms with van der Waals surface area (Å²) in [5.74, 6) is -0.729. The number of amides is 2. The summed E-state index contributed by atoms with van der Waals surface area (Å²) in [6.07, 6.45) is 10.0. The summed E-state index contributed by atoms with van der Waals surface area (Å²) in [6, 6.07) is 0. The zero-order valence-electron chi connectivity index (χ0n) is 25.7. The molecule has 2 aliphatic rings. The van der Waals surface area contributed by atoms with Crippen molar-refractivity contribution in [3.05, 3.63) is 11.6 Å². The number of carbonyl (C=O) groups is 2. The molecule has 1 unspecified atom stereocenters. The van der Waals surface area contributed by atoms with Crippen LogP contribution in [0.15, 0.2) is 11.6 Å². The predicted molar refractivity (Wildman–Crippen MR) is 155 cm³/mol. The van der Waals surface area contributed by atoms with Crippen molar-refractivity contribution < 1.29 is 34.0 Å². The summed E-state index contributed by atoms with van der Waals surface area (Å²) in [6.45, 7) is 10.7. The molecule has 0 saturated carbocycles. The van der Waals surface area contributed by atoms with E-state index in [9.17, 15) is 19.8 Å². The highest BCUT2D eigenvalue weighted by Crippen LogP contribution is 2.43. The van der Waals surface area contributed by atoms with Crippen molar-refractivity contribution >= 4 is 11.8 Å². The lowest BCUT2D eigenvalue weighted by atomic mass is 9.85. The minimum absolute atomic E-state index is 0.0325. The van der Waals surface area contributed by atoms with Crippen LogP contribution < -0.4 is 10.6 Å². The average molecular weight is 569 g/mol. The Morgan fingerprint density at radius 1 is 1.10 bits per heavy atom. The molecule has 2 heterocycles. The molecule has 0 aromatic rings. The predicted octanol–water partition coefficient (Wildman–Crippen LogP) is 3.86. The summed E-state index contributed by atoms with van der Waals surface area (Å²) in [7, 11) is 1.53. The number of aliphatic hydroxyl groups excluding tert-OH is 2. The van der Waals surface area contributed by atoms with E-state index >= 15 is 0 Å². The monoisotopic (exact) mass is 568 g/mol. The maximum Gasteiger partial charge on any atom is 0.225 e. The van der Waals surface area contributed by atoms with Crippen LogP contribution >= 0.6 is 0 Å². The number of methoxy groups -OCH3 is 1. The van der Waals surface area contributed by atoms with Crippen LogP contribution in [0.1, 0.15) is 98.8 Å². The molecule has 0 bridgehead atoms. The third-order valence-electron chi connectivity index (χ3n) is 8.59. The summed E-state index contributed by atoms with van der Waals surface area (Å²) in [5, 5.41) is 25.6. The van der Waals surface area contributed by atoms with Crippen molar-refractivity contribution in [2.24, 2.45) is 17.8 Å². The van der Waals surface area contributed by atoms with E-state index in [2.05, 4.69) is 30.6 Å². The zero-order chi connectivity index (χ0) is 29.7. The first-order valence-electron chi connectivity index (χ1n) is 15.4. The molecule has 2 amide bonds. The van der Waals surface area contributed by atoms with Gasteiger partial charge in [0.15, 0.2) is 5.79 Å². The largest absolute Gasteiger partial charge is 0.390 e. The molecule has 2 aliphatic heterocycles. The molecular weight excluding hydrogens is 512 g/mol. The second-order valence-electron chi connectivity index (χ2n) is 12.2. The topological polar surface area (TPSA) is 126 Å². The van der Waals surface area contributed by atoms with Crippen LogP contribution in [-0.2, 0) is 23.8 Å². The van der Waals surface area contributed by atoms with Crippen LogP contribution in [0.5, 0.6) is 0 Å². The second-order valence-corrected chi connectivity index (χ2v) is 12.2. The van der Waals surface area contributed by atoms with Crippen molar-refractivity contribution in [2.75, 3.05) is 26.8 Å². The highest BCUT2D eigenvalue weighted by molar-refractivity contribution is 5.79. The number of rotatable bonds is 16. The average Bonchev–Trinajstić information content (AvgIpc) is 2.93. The Labute approximate surface area is 241 Å². The molecule has 1 spiro atoms. The SMILES string of the molecule is COCCC(=O)NC[C@H](O)[C@H](C)C(=O)NCCC[C@H]1O[C@@]2(CCC[C@@H](CC[C@H](C)/C=C(\C)[C@H](C)O)O2)CCC1C. The highest BCUT2D eigenvalue weighted by Gasteiger charge is 2.44. The van der Waals surface area contributed by atoms with Gasteiger partial charge in [-0.2, -0.15) is 0 Å². The van der Waals surface area contributed by atoms with E-state index in [1.807, 2.05) is 6.92 Å². The van der Waals surface area contributed by atoms with Crippen LogP contribution in [0.3, 0.4) is 0 Å². The minimum atomic E-state index is -0.953. The van der Waals surface area contributed by atoms with Crippen LogP contribution in [-0.4, -0.2) is 79.0 Å². The molecule has 9 heteroatoms. The first kappa shape index (κ1) is 34.7. The maximum absolute atomic E-state index is 12.5. The minimum Gasteiger partial charge on any atom is -0.390 e. The molecule has 0 aliphatic carbocycles. The molecule has 2 rings (SSSR count). The molecule has 232 valence electrons. The molecule has 2 saturated heterocycles. The smallest absolute Gasteiger partial charge is 0.225 e. The molecule has 0 aromatic carbocycles. The maximum atomic E-state index is 12.5. The number of hydrogen-bond donors (Lipinski definition) is 4. The highest BCUT2D eigenvalue weighted by atomic mass is 16.7. The van der Waals surface area contributed by atoms with E-state index in [4.69, 9.17) is 14.2 Å². The molecule has 8 atom stereocenters. The van der Waals surface area contributed by atoms with Gasteiger partial charge in [-0.25, -0.2) is 0 Å². The van der Waals surface area contributed by atoms with Crippen LogP contribution in [0.4, 0.5) is 0 Å². The first-order valence-corrected chi connectivity index (χ1v) is 15.4. The van der Waals surface area contributed by atoms with Gasteiger partial charge in [-0.15, -0.1) is 0 Å². The molecule has 2 fully saturated rings. The van der Waals surface area contributed by atoms with Crippen LogP contribution in [0.2, 0.25) is 0 Å². The lowest BCUT2D eigenvalue weighted by molar-refractivity contribution is -0.324. The van der Waals surface area contributed by atoms with Gasteiger partial charge in [0.05, 0.1) is 36.9 Å². The zero-order valence-corrected chi connectivity index (χ0v) is 25.7. The Bertz CT molecular complexity index is 805. The fourth-order valence-electron chi connectivity index (χ4n) is 5.57. The normalized spacial score (nSPS) is 28.5. The molecule has 0 radical (unpaired) electrons. The van der Waals surface area contributed by atoms with E-state index in [1.54, 1.807) is 13.8 Å². The van der Waals surface area contributed by atoms with Crippen molar-refractivity contribution in [1.82, 2.24) is 10.6 Å². The van der Waals surface area contributed by atoms with Gasteiger partial charge in [-0.3, -0.25) is 9.59 Å². The fourth-order valence-corrected chi connectivity index (χ4v) is 5.57. The molecule has 4 N–H and O–H groups in total. The van der Waals surface area contributed by atoms with E-state index in [1.165, 1.54) is 7.11 Å². The van der Waals surface area contributed by atoms with Gasteiger partial charge in [-0.05, 0) is 76.2 Å². The Hall–Kier alpha value is -1.52. The van der Waals surface area contributed by atoms with Gasteiger partial charge in [0.2, 0.25) is 11.8 Å². The van der Waals surface area contributed by atoms with E-state index < -0.39 is 23.9 Å². The van der Waals surface area contributed by atoms with E-state index in [-0.39, 0.29) is 37.0 Å². The Kier molecular flexibility index (Phi) is 15.1. The van der Waals surface area contributed by atoms with Crippen molar-refractivity contribution in [3.63, 3.8) is 0 Å². The van der Waals surface area contributed by atoms with Crippen LogP contribution in [0, 0.1) is 17.8 Å². The quantitative estimate of drug-likeness (QED) is 0.165. The first-order chi connectivity index (χ1) is 19.0. The summed E-state index contributed by atoms with van der Waals surface area (Å²) in [4.78, 5) is 24.2. The number of ether oxygens (including phenoxy) is 3. The number of nitrogens with one attached hydrogen (secondary N) is 2. The molecule has 0 aromatic heterocycles. The van der Waals surface area contributed by atoms with E-state index in [0.29, 0.717) is 25.0 Å². The van der Waals surface area contributed by atoms with Gasteiger partial charge < -0.3 is 35.1 Å². The Morgan fingerprint density at radius 2 is 1.85 bits per heavy atom. The number of aliphatic hydroxyl groups is 2. The summed E-state index contributed by atoms with van der Waals surface area (Å²) >= 11 is 0. The molecular formula is C31H56N2O7. The third-order valence-corrected chi connectivity index (χ3v) is 8.59. The lowest BCUT2D eigenvalue weighted by Crippen LogP contribution is -2.50. The molecule has 9 nitrogen and oxygen atoms in total. The van der Waals surface area contributed by atoms with Gasteiger partial charge in [0.1, 0.15) is 0 Å². The van der Waals surface area contributed by atoms with Gasteiger partial charge in [-0.1, -0.05) is 26.8 Å². The van der Waals surface area contributed by atoms with Crippen LogP contribution in [0.25, 0.3) is 0 Å². The fraction of sp³-hybridized carbons (Fsp3) is 0.871. The van der Waals surface area contributed by atoms with Crippen molar-refractivity contribution in [3.8, 4) is 0 Å².